The molecule has 0 saturated carbocycles. The molecule has 0 unspecified atom stereocenters. The van der Waals surface area contributed by atoms with E-state index in [1.807, 2.05) is 0 Å². The van der Waals surface area contributed by atoms with Crippen LogP contribution in [0.5, 0.6) is 0 Å². The fraction of sp³-hybridized carbons (Fsp3) is 0. The van der Waals surface area contributed by atoms with Gasteiger partial charge < -0.3 is 10.8 Å². The molecule has 1 heterocycles. The highest BCUT2D eigenvalue weighted by Gasteiger charge is 2.15. The van der Waals surface area contributed by atoms with E-state index >= 15 is 0 Å². The number of nitrogen functional groups attached to an aromatic ring is 1. The first-order chi connectivity index (χ1) is 8.50. The Morgan fingerprint density at radius 3 is 2.67 bits per heavy atom. The summed E-state index contributed by atoms with van der Waals surface area (Å²) in [6, 6.07) is 6.16. The topological polar surface area (TPSA) is 76.2 Å². The summed E-state index contributed by atoms with van der Waals surface area (Å²) in [5, 5.41) is 9.87. The van der Waals surface area contributed by atoms with Gasteiger partial charge in [0, 0.05) is 16.8 Å². The third-order valence-electron chi connectivity index (χ3n) is 2.40. The quantitative estimate of drug-likeness (QED) is 0.886. The van der Waals surface area contributed by atoms with E-state index in [9.17, 15) is 4.79 Å². The van der Waals surface area contributed by atoms with Crippen molar-refractivity contribution in [3.63, 3.8) is 0 Å². The van der Waals surface area contributed by atoms with Crippen molar-refractivity contribution in [3.05, 3.63) is 46.1 Å². The van der Waals surface area contributed by atoms with E-state index < -0.39 is 5.97 Å². The van der Waals surface area contributed by atoms with Crippen molar-refractivity contribution in [3.8, 4) is 11.3 Å². The van der Waals surface area contributed by atoms with Crippen molar-refractivity contribution < 1.29 is 9.90 Å². The van der Waals surface area contributed by atoms with Gasteiger partial charge in [-0.25, -0.2) is 4.79 Å². The number of nitrogens with two attached hydrogens (primary N) is 1. The summed E-state index contributed by atoms with van der Waals surface area (Å²) in [5.41, 5.74) is 6.65. The molecule has 18 heavy (non-hydrogen) atoms. The van der Waals surface area contributed by atoms with Gasteiger partial charge in [-0.2, -0.15) is 0 Å². The third kappa shape index (κ3) is 2.25. The number of carboxylic acids is 1. The zero-order chi connectivity index (χ0) is 13.3. The summed E-state index contributed by atoms with van der Waals surface area (Å²) < 4.78 is 0. The second-order valence-corrected chi connectivity index (χ2v) is 4.39. The van der Waals surface area contributed by atoms with Gasteiger partial charge in [0.15, 0.2) is 0 Å². The van der Waals surface area contributed by atoms with Gasteiger partial charge in [-0.3, -0.25) is 4.98 Å². The highest BCUT2D eigenvalue weighted by molar-refractivity contribution is 6.35. The third-order valence-corrected chi connectivity index (χ3v) is 2.97. The SMILES string of the molecule is Nc1c(C(=O)O)ccnc1-c1cc(Cl)ccc1Cl. The average molecular weight is 283 g/mol. The molecule has 4 nitrogen and oxygen atoms in total. The highest BCUT2D eigenvalue weighted by Crippen LogP contribution is 2.33. The predicted octanol–water partition coefficient (Wildman–Crippen LogP) is 3.34. The lowest BCUT2D eigenvalue weighted by Crippen LogP contribution is -2.05. The van der Waals surface area contributed by atoms with Crippen LogP contribution < -0.4 is 5.73 Å². The number of aromatic carboxylic acids is 1. The smallest absolute Gasteiger partial charge is 0.337 e. The molecule has 1 aromatic heterocycles. The number of benzene rings is 1. The van der Waals surface area contributed by atoms with E-state index in [1.165, 1.54) is 12.3 Å². The maximum atomic E-state index is 11.0. The molecule has 0 atom stereocenters. The Morgan fingerprint density at radius 1 is 1.28 bits per heavy atom. The Kier molecular flexibility index (Phi) is 3.41. The van der Waals surface area contributed by atoms with Gasteiger partial charge >= 0.3 is 5.97 Å². The summed E-state index contributed by atoms with van der Waals surface area (Å²) in [6.45, 7) is 0. The van der Waals surface area contributed by atoms with Gasteiger partial charge in [0.1, 0.15) is 0 Å². The number of anilines is 1. The second kappa shape index (κ2) is 4.84. The van der Waals surface area contributed by atoms with Crippen LogP contribution in [0.1, 0.15) is 10.4 Å². The van der Waals surface area contributed by atoms with Gasteiger partial charge in [0.25, 0.3) is 0 Å². The van der Waals surface area contributed by atoms with E-state index in [-0.39, 0.29) is 11.3 Å². The van der Waals surface area contributed by atoms with Crippen LogP contribution in [0.3, 0.4) is 0 Å². The summed E-state index contributed by atoms with van der Waals surface area (Å²) >= 11 is 11.9. The molecule has 6 heteroatoms. The molecule has 92 valence electrons. The van der Waals surface area contributed by atoms with E-state index in [4.69, 9.17) is 34.0 Å². The van der Waals surface area contributed by atoms with Crippen molar-refractivity contribution in [1.82, 2.24) is 4.98 Å². The molecule has 2 rings (SSSR count). The van der Waals surface area contributed by atoms with Gasteiger partial charge in [-0.1, -0.05) is 23.2 Å². The number of aromatic nitrogens is 1. The van der Waals surface area contributed by atoms with Gasteiger partial charge in [0.2, 0.25) is 0 Å². The second-order valence-electron chi connectivity index (χ2n) is 3.55. The van der Waals surface area contributed by atoms with Crippen molar-refractivity contribution in [2.45, 2.75) is 0 Å². The lowest BCUT2D eigenvalue weighted by molar-refractivity contribution is 0.0698. The van der Waals surface area contributed by atoms with Crippen LogP contribution in [0.2, 0.25) is 10.0 Å². The summed E-state index contributed by atoms with van der Waals surface area (Å²) in [4.78, 5) is 15.1. The Bertz CT molecular complexity index is 629. The van der Waals surface area contributed by atoms with Crippen molar-refractivity contribution in [1.29, 1.82) is 0 Å². The number of carboxylic acid groups (broad SMARTS) is 1. The standard InChI is InChI=1S/C12H8Cl2N2O2/c13-6-1-2-9(14)8(5-6)11-10(15)7(12(17)18)3-4-16-11/h1-5H,15H2,(H,17,18). The number of rotatable bonds is 2. The molecule has 0 spiro atoms. The van der Waals surface area contributed by atoms with E-state index in [0.717, 1.165) is 0 Å². The molecule has 0 fully saturated rings. The van der Waals surface area contributed by atoms with E-state index in [1.54, 1.807) is 18.2 Å². The Morgan fingerprint density at radius 2 is 2.00 bits per heavy atom. The van der Waals surface area contributed by atoms with Crippen molar-refractivity contribution in [2.75, 3.05) is 5.73 Å². The minimum atomic E-state index is -1.12. The van der Waals surface area contributed by atoms with E-state index in [0.29, 0.717) is 21.3 Å². The summed E-state index contributed by atoms with van der Waals surface area (Å²) in [7, 11) is 0. The molecule has 2 aromatic rings. The number of pyridine rings is 1. The Labute approximate surface area is 113 Å². The number of nitrogens with zero attached hydrogens (tertiary/aromatic N) is 1. The van der Waals surface area contributed by atoms with Crippen molar-refractivity contribution in [2.24, 2.45) is 0 Å². The first-order valence-corrected chi connectivity index (χ1v) is 5.69. The van der Waals surface area contributed by atoms with Crippen molar-refractivity contribution >= 4 is 34.9 Å². The molecule has 0 radical (unpaired) electrons. The van der Waals surface area contributed by atoms with Crippen LogP contribution in [0.15, 0.2) is 30.5 Å². The fourth-order valence-electron chi connectivity index (χ4n) is 1.55. The molecular formula is C12H8Cl2N2O2. The fourth-order valence-corrected chi connectivity index (χ4v) is 1.93. The number of carbonyl (C=O) groups is 1. The Hall–Kier alpha value is -1.78. The molecule has 0 amide bonds. The van der Waals surface area contributed by atoms with Crippen LogP contribution >= 0.6 is 23.2 Å². The van der Waals surface area contributed by atoms with Gasteiger partial charge in [0.05, 0.1) is 22.0 Å². The molecule has 0 saturated heterocycles. The van der Waals surface area contributed by atoms with Crippen LogP contribution in [-0.2, 0) is 0 Å². The number of hydrogen-bond acceptors (Lipinski definition) is 3. The Balaban J connectivity index is 2.68. The van der Waals surface area contributed by atoms with Crippen LogP contribution in [0.25, 0.3) is 11.3 Å². The predicted molar refractivity (Wildman–Crippen MR) is 71.1 cm³/mol. The minimum absolute atomic E-state index is 0.0176. The van der Waals surface area contributed by atoms with Gasteiger partial charge in [-0.05, 0) is 24.3 Å². The minimum Gasteiger partial charge on any atom is -0.478 e. The molecule has 1 aromatic carbocycles. The number of halogens is 2. The zero-order valence-electron chi connectivity index (χ0n) is 9.02. The summed E-state index contributed by atoms with van der Waals surface area (Å²) in [5.74, 6) is -1.12. The van der Waals surface area contributed by atoms with E-state index in [2.05, 4.69) is 4.98 Å². The number of hydrogen-bond donors (Lipinski definition) is 2. The normalized spacial score (nSPS) is 10.3. The first kappa shape index (κ1) is 12.7. The monoisotopic (exact) mass is 282 g/mol. The summed E-state index contributed by atoms with van der Waals surface area (Å²) in [6.07, 6.45) is 1.37. The van der Waals surface area contributed by atoms with Crippen LogP contribution in [0, 0.1) is 0 Å². The molecule has 0 aliphatic carbocycles. The first-order valence-electron chi connectivity index (χ1n) is 4.94. The highest BCUT2D eigenvalue weighted by atomic mass is 35.5. The lowest BCUT2D eigenvalue weighted by atomic mass is 10.1. The molecule has 3 N–H and O–H groups in total. The maximum absolute atomic E-state index is 11.0. The largest absolute Gasteiger partial charge is 0.478 e. The van der Waals surface area contributed by atoms with Crippen LogP contribution in [-0.4, -0.2) is 16.1 Å². The zero-order valence-corrected chi connectivity index (χ0v) is 10.5. The molecule has 0 aliphatic heterocycles. The molecule has 0 bridgehead atoms. The molecule has 0 aliphatic rings. The lowest BCUT2D eigenvalue weighted by Gasteiger charge is -2.09. The maximum Gasteiger partial charge on any atom is 0.337 e. The van der Waals surface area contributed by atoms with Gasteiger partial charge in [-0.15, -0.1) is 0 Å². The molecular weight excluding hydrogens is 275 g/mol. The van der Waals surface area contributed by atoms with Crippen LogP contribution in [0.4, 0.5) is 5.69 Å². The average Bonchev–Trinajstić information content (AvgIpc) is 2.32.